The van der Waals surface area contributed by atoms with Crippen LogP contribution in [0.4, 0.5) is 4.39 Å². The van der Waals surface area contributed by atoms with Crippen LogP contribution < -0.4 is 5.32 Å². The maximum Gasteiger partial charge on any atom is 0.102 e. The monoisotopic (exact) mass is 318 g/mol. The number of likely N-dealkylation sites (N-methyl/N-ethyl adjacent to an activating group) is 1. The average Bonchev–Trinajstić information content (AvgIpc) is 3.05. The first kappa shape index (κ1) is 16.4. The molecule has 0 radical (unpaired) electrons. The van der Waals surface area contributed by atoms with Crippen molar-refractivity contribution in [2.75, 3.05) is 14.1 Å². The van der Waals surface area contributed by atoms with E-state index in [1.807, 2.05) is 13.1 Å². The Labute approximate surface area is 138 Å². The molecular formula is C18H27FN4. The highest BCUT2D eigenvalue weighted by Gasteiger charge is 2.36. The number of rotatable bonds is 4. The fourth-order valence-corrected chi connectivity index (χ4v) is 3.74. The molecule has 1 aliphatic carbocycles. The summed E-state index contributed by atoms with van der Waals surface area (Å²) in [5.74, 6) is 0. The average molecular weight is 318 g/mol. The summed E-state index contributed by atoms with van der Waals surface area (Å²) < 4.78 is 13.5. The third kappa shape index (κ3) is 3.12. The fraction of sp³-hybridized carbons (Fsp3) is 0.611. The molecule has 2 aliphatic rings. The van der Waals surface area contributed by atoms with Crippen LogP contribution in [0.2, 0.25) is 0 Å². The van der Waals surface area contributed by atoms with Crippen LogP contribution >= 0.6 is 0 Å². The minimum Gasteiger partial charge on any atom is -0.307 e. The Morgan fingerprint density at radius 2 is 2.09 bits per heavy atom. The molecule has 0 bridgehead atoms. The maximum absolute atomic E-state index is 13.5. The molecule has 1 unspecified atom stereocenters. The molecule has 1 aromatic heterocycles. The molecule has 2 heterocycles. The lowest BCUT2D eigenvalue weighted by Crippen LogP contribution is -2.49. The number of hydrogen-bond donors (Lipinski definition) is 1. The molecule has 1 N–H and O–H groups in total. The highest BCUT2D eigenvalue weighted by atomic mass is 19.1. The van der Waals surface area contributed by atoms with Crippen LogP contribution in [0.3, 0.4) is 0 Å². The lowest BCUT2D eigenvalue weighted by Gasteiger charge is -2.31. The molecule has 5 heteroatoms. The first-order chi connectivity index (χ1) is 11.0. The summed E-state index contributed by atoms with van der Waals surface area (Å²) in [6, 6.07) is 4.45. The van der Waals surface area contributed by atoms with E-state index < -0.39 is 6.17 Å². The van der Waals surface area contributed by atoms with Crippen LogP contribution in [-0.4, -0.2) is 47.5 Å². The third-order valence-corrected chi connectivity index (χ3v) is 5.13. The van der Waals surface area contributed by atoms with Gasteiger partial charge in [-0.15, -0.1) is 0 Å². The second-order valence-corrected chi connectivity index (χ2v) is 6.69. The number of alkyl halides is 1. The SMILES string of the molecule is CCC1=C(c2ccc(C)nc2)N(C)N(C)C1N[C@H]1CC[C@@H](F)C1. The van der Waals surface area contributed by atoms with E-state index in [4.69, 9.17) is 0 Å². The number of nitrogens with one attached hydrogen (secondary N) is 1. The first-order valence-electron chi connectivity index (χ1n) is 8.54. The summed E-state index contributed by atoms with van der Waals surface area (Å²) in [6.45, 7) is 4.19. The van der Waals surface area contributed by atoms with Gasteiger partial charge in [0.1, 0.15) is 12.3 Å². The molecule has 1 aliphatic heterocycles. The van der Waals surface area contributed by atoms with Crippen molar-refractivity contribution in [3.8, 4) is 0 Å². The van der Waals surface area contributed by atoms with Gasteiger partial charge in [0.15, 0.2) is 0 Å². The lowest BCUT2D eigenvalue weighted by atomic mass is 10.0. The molecule has 0 amide bonds. The second kappa shape index (κ2) is 6.57. The van der Waals surface area contributed by atoms with E-state index in [1.165, 1.54) is 11.3 Å². The number of hydrazine groups is 1. The molecule has 126 valence electrons. The highest BCUT2D eigenvalue weighted by Crippen LogP contribution is 2.35. The second-order valence-electron chi connectivity index (χ2n) is 6.69. The van der Waals surface area contributed by atoms with E-state index in [0.29, 0.717) is 12.8 Å². The van der Waals surface area contributed by atoms with Crippen LogP contribution in [0.1, 0.15) is 43.9 Å². The number of pyridine rings is 1. The Morgan fingerprint density at radius 1 is 1.30 bits per heavy atom. The summed E-state index contributed by atoms with van der Waals surface area (Å²) in [5.41, 5.74) is 4.73. The lowest BCUT2D eigenvalue weighted by molar-refractivity contribution is 0.0588. The van der Waals surface area contributed by atoms with Crippen LogP contribution in [0, 0.1) is 6.92 Å². The normalized spacial score (nSPS) is 28.9. The smallest absolute Gasteiger partial charge is 0.102 e. The number of aromatic nitrogens is 1. The number of nitrogens with zero attached hydrogens (tertiary/aromatic N) is 3. The van der Waals surface area contributed by atoms with Crippen LogP contribution in [0.15, 0.2) is 23.9 Å². The molecule has 3 rings (SSSR count). The summed E-state index contributed by atoms with van der Waals surface area (Å²) in [6.07, 6.45) is 4.63. The Hall–Kier alpha value is -1.46. The van der Waals surface area contributed by atoms with Gasteiger partial charge < -0.3 is 5.01 Å². The molecule has 0 saturated heterocycles. The van der Waals surface area contributed by atoms with Crippen molar-refractivity contribution in [3.63, 3.8) is 0 Å². The van der Waals surface area contributed by atoms with E-state index >= 15 is 0 Å². The maximum atomic E-state index is 13.5. The molecule has 1 fully saturated rings. The van der Waals surface area contributed by atoms with E-state index in [1.54, 1.807) is 0 Å². The van der Waals surface area contributed by atoms with Crippen molar-refractivity contribution in [3.05, 3.63) is 35.2 Å². The number of halogens is 1. The topological polar surface area (TPSA) is 31.4 Å². The highest BCUT2D eigenvalue weighted by molar-refractivity contribution is 5.69. The minimum absolute atomic E-state index is 0.136. The zero-order valence-corrected chi connectivity index (χ0v) is 14.5. The van der Waals surface area contributed by atoms with Crippen LogP contribution in [-0.2, 0) is 0 Å². The molecule has 4 nitrogen and oxygen atoms in total. The molecule has 23 heavy (non-hydrogen) atoms. The largest absolute Gasteiger partial charge is 0.307 e. The first-order valence-corrected chi connectivity index (χ1v) is 8.54. The minimum atomic E-state index is -0.647. The van der Waals surface area contributed by atoms with Crippen molar-refractivity contribution in [2.45, 2.75) is 57.9 Å². The van der Waals surface area contributed by atoms with Gasteiger partial charge in [0.05, 0.1) is 5.70 Å². The van der Waals surface area contributed by atoms with Gasteiger partial charge in [0.2, 0.25) is 0 Å². The Bertz CT molecular complexity index is 583. The Kier molecular flexibility index (Phi) is 4.69. The molecule has 1 saturated carbocycles. The number of hydrogen-bond acceptors (Lipinski definition) is 4. The Balaban J connectivity index is 1.89. The zero-order chi connectivity index (χ0) is 16.6. The summed E-state index contributed by atoms with van der Waals surface area (Å²) >= 11 is 0. The van der Waals surface area contributed by atoms with Gasteiger partial charge in [-0.1, -0.05) is 6.92 Å². The van der Waals surface area contributed by atoms with E-state index in [2.05, 4.69) is 53.5 Å². The van der Waals surface area contributed by atoms with Crippen molar-refractivity contribution in [2.24, 2.45) is 0 Å². The fourth-order valence-electron chi connectivity index (χ4n) is 3.74. The predicted molar refractivity (Wildman–Crippen MR) is 91.2 cm³/mol. The zero-order valence-electron chi connectivity index (χ0n) is 14.5. The van der Waals surface area contributed by atoms with E-state index in [-0.39, 0.29) is 12.2 Å². The van der Waals surface area contributed by atoms with Crippen molar-refractivity contribution < 1.29 is 4.39 Å². The van der Waals surface area contributed by atoms with Gasteiger partial charge in [-0.05, 0) is 50.3 Å². The van der Waals surface area contributed by atoms with Gasteiger partial charge in [-0.2, -0.15) is 0 Å². The molecule has 0 spiro atoms. The summed E-state index contributed by atoms with van der Waals surface area (Å²) in [4.78, 5) is 4.44. The molecule has 3 atom stereocenters. The quantitative estimate of drug-likeness (QED) is 0.924. The van der Waals surface area contributed by atoms with Gasteiger partial charge in [0.25, 0.3) is 0 Å². The number of aryl methyl sites for hydroxylation is 1. The van der Waals surface area contributed by atoms with E-state index in [9.17, 15) is 4.39 Å². The van der Waals surface area contributed by atoms with Crippen molar-refractivity contribution in [1.29, 1.82) is 0 Å². The van der Waals surface area contributed by atoms with Crippen LogP contribution in [0.25, 0.3) is 5.70 Å². The summed E-state index contributed by atoms with van der Waals surface area (Å²) in [7, 11) is 4.17. The van der Waals surface area contributed by atoms with Crippen LogP contribution in [0.5, 0.6) is 0 Å². The van der Waals surface area contributed by atoms with E-state index in [0.717, 1.165) is 24.1 Å². The standard InChI is InChI=1S/C18H27FN4/c1-5-16-17(13-7-6-12(2)20-11-13)22(3)23(4)18(16)21-15-9-8-14(19)10-15/h6-7,11,14-15,18,21H,5,8-10H2,1-4H3/t14-,15+,18?/m1/s1. The predicted octanol–water partition coefficient (Wildman–Crippen LogP) is 3.11. The van der Waals surface area contributed by atoms with Crippen molar-refractivity contribution >= 4 is 5.70 Å². The molecule has 0 aromatic carbocycles. The Morgan fingerprint density at radius 3 is 2.65 bits per heavy atom. The van der Waals surface area contributed by atoms with Gasteiger partial charge in [-0.25, -0.2) is 9.40 Å². The molecular weight excluding hydrogens is 291 g/mol. The summed E-state index contributed by atoms with van der Waals surface area (Å²) in [5, 5.41) is 8.06. The third-order valence-electron chi connectivity index (χ3n) is 5.13. The van der Waals surface area contributed by atoms with Gasteiger partial charge >= 0.3 is 0 Å². The van der Waals surface area contributed by atoms with Gasteiger partial charge in [0, 0.05) is 37.6 Å². The van der Waals surface area contributed by atoms with Crippen molar-refractivity contribution in [1.82, 2.24) is 20.3 Å². The van der Waals surface area contributed by atoms with Gasteiger partial charge in [-0.3, -0.25) is 10.3 Å². The molecule has 1 aromatic rings.